The van der Waals surface area contributed by atoms with Crippen LogP contribution in [0.2, 0.25) is 0 Å². The normalized spacial score (nSPS) is 12.1. The van der Waals surface area contributed by atoms with Crippen LogP contribution in [-0.4, -0.2) is 28.8 Å². The lowest BCUT2D eigenvalue weighted by Crippen LogP contribution is -2.26. The molecule has 1 atom stereocenters. The lowest BCUT2D eigenvalue weighted by Gasteiger charge is -2.07. The van der Waals surface area contributed by atoms with Gasteiger partial charge in [-0.2, -0.15) is 0 Å². The number of amides is 1. The van der Waals surface area contributed by atoms with Gasteiger partial charge in [0.25, 0.3) is 0 Å². The van der Waals surface area contributed by atoms with Gasteiger partial charge in [-0.05, 0) is 25.8 Å². The highest BCUT2D eigenvalue weighted by atomic mass is 16.3. The van der Waals surface area contributed by atoms with Crippen LogP contribution in [0.25, 0.3) is 0 Å². The summed E-state index contributed by atoms with van der Waals surface area (Å²) >= 11 is 0. The fraction of sp³-hybridized carbons (Fsp3) is 0.462. The first kappa shape index (κ1) is 13.5. The smallest absolute Gasteiger partial charge is 0.224 e. The van der Waals surface area contributed by atoms with E-state index in [-0.39, 0.29) is 24.2 Å². The van der Waals surface area contributed by atoms with Crippen LogP contribution < -0.4 is 5.32 Å². The fourth-order valence-electron chi connectivity index (χ4n) is 1.52. The summed E-state index contributed by atoms with van der Waals surface area (Å²) in [6.07, 6.45) is 1.28. The van der Waals surface area contributed by atoms with Crippen molar-refractivity contribution in [3.05, 3.63) is 29.8 Å². The van der Waals surface area contributed by atoms with Crippen LogP contribution in [0.3, 0.4) is 0 Å². The number of aliphatic hydroxyl groups excluding tert-OH is 1. The number of phenolic OH excluding ortho intramolecular Hbond substituents is 1. The standard InChI is InChI=1S/C13H19NO3/c1-10(15)5-4-8-14-13(17)9-11-6-2-3-7-12(11)16/h2-3,6-7,10,15-16H,4-5,8-9H2,1H3,(H,14,17). The van der Waals surface area contributed by atoms with Crippen LogP contribution in [-0.2, 0) is 11.2 Å². The van der Waals surface area contributed by atoms with Gasteiger partial charge in [-0.1, -0.05) is 18.2 Å². The van der Waals surface area contributed by atoms with E-state index in [0.717, 1.165) is 6.42 Å². The Labute approximate surface area is 101 Å². The van der Waals surface area contributed by atoms with Gasteiger partial charge in [0.2, 0.25) is 5.91 Å². The van der Waals surface area contributed by atoms with Crippen LogP contribution in [0.1, 0.15) is 25.3 Å². The summed E-state index contributed by atoms with van der Waals surface area (Å²) in [5, 5.41) is 21.3. The molecule has 4 nitrogen and oxygen atoms in total. The summed E-state index contributed by atoms with van der Waals surface area (Å²) in [5.41, 5.74) is 0.625. The predicted octanol–water partition coefficient (Wildman–Crippen LogP) is 1.21. The summed E-state index contributed by atoms with van der Waals surface area (Å²) < 4.78 is 0. The van der Waals surface area contributed by atoms with Gasteiger partial charge in [-0.3, -0.25) is 4.79 Å². The molecule has 0 bridgehead atoms. The molecule has 1 aromatic carbocycles. The Hall–Kier alpha value is -1.55. The topological polar surface area (TPSA) is 69.6 Å². The van der Waals surface area contributed by atoms with E-state index >= 15 is 0 Å². The molecule has 0 saturated heterocycles. The van der Waals surface area contributed by atoms with Gasteiger partial charge in [0.15, 0.2) is 0 Å². The summed E-state index contributed by atoms with van der Waals surface area (Å²) in [6, 6.07) is 6.80. The van der Waals surface area contributed by atoms with E-state index in [1.807, 2.05) is 0 Å². The quantitative estimate of drug-likeness (QED) is 0.651. The van der Waals surface area contributed by atoms with Crippen LogP contribution in [0, 0.1) is 0 Å². The molecule has 94 valence electrons. The molecule has 1 unspecified atom stereocenters. The Kier molecular flexibility index (Phi) is 5.49. The zero-order chi connectivity index (χ0) is 12.7. The van der Waals surface area contributed by atoms with E-state index < -0.39 is 0 Å². The Balaban J connectivity index is 2.28. The molecule has 0 aliphatic carbocycles. The van der Waals surface area contributed by atoms with Gasteiger partial charge in [-0.15, -0.1) is 0 Å². The maximum atomic E-state index is 11.5. The number of aliphatic hydroxyl groups is 1. The van der Waals surface area contributed by atoms with Crippen molar-refractivity contribution in [2.45, 2.75) is 32.3 Å². The monoisotopic (exact) mass is 237 g/mol. The number of rotatable bonds is 6. The van der Waals surface area contributed by atoms with Crippen LogP contribution >= 0.6 is 0 Å². The highest BCUT2D eigenvalue weighted by Gasteiger charge is 2.06. The number of phenols is 1. The lowest BCUT2D eigenvalue weighted by atomic mass is 10.1. The molecule has 0 fully saturated rings. The largest absolute Gasteiger partial charge is 0.508 e. The zero-order valence-electron chi connectivity index (χ0n) is 10.0. The fourth-order valence-corrected chi connectivity index (χ4v) is 1.52. The van der Waals surface area contributed by atoms with E-state index in [2.05, 4.69) is 5.32 Å². The number of para-hydroxylation sites is 1. The molecular formula is C13H19NO3. The number of benzene rings is 1. The molecule has 0 aromatic heterocycles. The van der Waals surface area contributed by atoms with Gasteiger partial charge in [0.1, 0.15) is 5.75 Å². The maximum Gasteiger partial charge on any atom is 0.224 e. The molecular weight excluding hydrogens is 218 g/mol. The average Bonchev–Trinajstić information content (AvgIpc) is 2.27. The molecule has 0 heterocycles. The van der Waals surface area contributed by atoms with E-state index in [1.54, 1.807) is 31.2 Å². The summed E-state index contributed by atoms with van der Waals surface area (Å²) in [4.78, 5) is 11.5. The molecule has 1 aromatic rings. The highest BCUT2D eigenvalue weighted by molar-refractivity contribution is 5.79. The van der Waals surface area contributed by atoms with Crippen molar-refractivity contribution in [2.24, 2.45) is 0 Å². The van der Waals surface area contributed by atoms with Gasteiger partial charge < -0.3 is 15.5 Å². The molecule has 0 saturated carbocycles. The average molecular weight is 237 g/mol. The van der Waals surface area contributed by atoms with E-state index in [4.69, 9.17) is 5.11 Å². The Morgan fingerprint density at radius 2 is 2.12 bits per heavy atom. The second-order valence-corrected chi connectivity index (χ2v) is 4.15. The molecule has 1 amide bonds. The van der Waals surface area contributed by atoms with Gasteiger partial charge in [-0.25, -0.2) is 0 Å². The highest BCUT2D eigenvalue weighted by Crippen LogP contribution is 2.15. The number of aromatic hydroxyl groups is 1. The molecule has 0 spiro atoms. The number of hydrogen-bond acceptors (Lipinski definition) is 3. The first-order valence-electron chi connectivity index (χ1n) is 5.81. The molecule has 4 heteroatoms. The van der Waals surface area contributed by atoms with E-state index in [9.17, 15) is 9.90 Å². The van der Waals surface area contributed by atoms with E-state index in [0.29, 0.717) is 18.5 Å². The van der Waals surface area contributed by atoms with Crippen molar-refractivity contribution in [2.75, 3.05) is 6.54 Å². The van der Waals surface area contributed by atoms with Crippen molar-refractivity contribution in [3.63, 3.8) is 0 Å². The molecule has 17 heavy (non-hydrogen) atoms. The summed E-state index contributed by atoms with van der Waals surface area (Å²) in [6.45, 7) is 2.28. The minimum Gasteiger partial charge on any atom is -0.508 e. The first-order valence-corrected chi connectivity index (χ1v) is 5.81. The minimum atomic E-state index is -0.329. The SMILES string of the molecule is CC(O)CCCNC(=O)Cc1ccccc1O. The third kappa shape index (κ3) is 5.36. The van der Waals surface area contributed by atoms with Crippen molar-refractivity contribution >= 4 is 5.91 Å². The van der Waals surface area contributed by atoms with E-state index in [1.165, 1.54) is 0 Å². The molecule has 0 radical (unpaired) electrons. The summed E-state index contributed by atoms with van der Waals surface area (Å²) in [5.74, 6) is 0.0312. The van der Waals surface area contributed by atoms with Gasteiger partial charge in [0.05, 0.1) is 12.5 Å². The third-order valence-corrected chi connectivity index (χ3v) is 2.46. The molecule has 0 aliphatic rings. The second-order valence-electron chi connectivity index (χ2n) is 4.15. The van der Waals surface area contributed by atoms with Crippen molar-refractivity contribution in [1.29, 1.82) is 0 Å². The Morgan fingerprint density at radius 3 is 2.76 bits per heavy atom. The number of carbonyl (C=O) groups excluding carboxylic acids is 1. The number of nitrogens with one attached hydrogen (secondary N) is 1. The van der Waals surface area contributed by atoms with Crippen LogP contribution in [0.4, 0.5) is 0 Å². The second kappa shape index (κ2) is 6.91. The third-order valence-electron chi connectivity index (χ3n) is 2.46. The Morgan fingerprint density at radius 1 is 1.41 bits per heavy atom. The lowest BCUT2D eigenvalue weighted by molar-refractivity contribution is -0.120. The van der Waals surface area contributed by atoms with Gasteiger partial charge >= 0.3 is 0 Å². The van der Waals surface area contributed by atoms with Gasteiger partial charge in [0, 0.05) is 12.1 Å². The van der Waals surface area contributed by atoms with Crippen molar-refractivity contribution < 1.29 is 15.0 Å². The maximum absolute atomic E-state index is 11.5. The van der Waals surface area contributed by atoms with Crippen LogP contribution in [0.5, 0.6) is 5.75 Å². The molecule has 3 N–H and O–H groups in total. The number of carbonyl (C=O) groups is 1. The number of hydrogen-bond donors (Lipinski definition) is 3. The van der Waals surface area contributed by atoms with Crippen molar-refractivity contribution in [3.8, 4) is 5.75 Å². The summed E-state index contributed by atoms with van der Waals surface area (Å²) in [7, 11) is 0. The first-order chi connectivity index (χ1) is 8.09. The Bertz CT molecular complexity index is 363. The minimum absolute atomic E-state index is 0.114. The molecule has 0 aliphatic heterocycles. The van der Waals surface area contributed by atoms with Crippen molar-refractivity contribution in [1.82, 2.24) is 5.32 Å². The zero-order valence-corrected chi connectivity index (χ0v) is 10.0. The molecule has 1 rings (SSSR count). The predicted molar refractivity (Wildman–Crippen MR) is 65.7 cm³/mol. The van der Waals surface area contributed by atoms with Crippen LogP contribution in [0.15, 0.2) is 24.3 Å².